The summed E-state index contributed by atoms with van der Waals surface area (Å²) in [4.78, 5) is 19.6. The zero-order valence-corrected chi connectivity index (χ0v) is 13.1. The van der Waals surface area contributed by atoms with Crippen LogP contribution in [0.25, 0.3) is 22.6 Å². The van der Waals surface area contributed by atoms with Crippen molar-refractivity contribution in [3.05, 3.63) is 66.2 Å². The Hall–Kier alpha value is -3.72. The van der Waals surface area contributed by atoms with Crippen molar-refractivity contribution in [1.82, 2.24) is 9.97 Å². The maximum absolute atomic E-state index is 10.8. The summed E-state index contributed by atoms with van der Waals surface area (Å²) in [5.74, 6) is -0.832. The van der Waals surface area contributed by atoms with E-state index in [-0.39, 0.29) is 11.4 Å². The number of hydrogen-bond donors (Lipinski definition) is 1. The van der Waals surface area contributed by atoms with Gasteiger partial charge in [-0.1, -0.05) is 60.7 Å². The number of nitrogens with zero attached hydrogens (tertiary/aromatic N) is 3. The molecule has 0 saturated heterocycles. The molecular formula is C19H13N3O3. The van der Waals surface area contributed by atoms with E-state index in [9.17, 15) is 10.1 Å². The lowest BCUT2D eigenvalue weighted by Gasteiger charge is -2.11. The van der Waals surface area contributed by atoms with Gasteiger partial charge in [0, 0.05) is 11.1 Å². The van der Waals surface area contributed by atoms with Gasteiger partial charge in [-0.2, -0.15) is 10.2 Å². The van der Waals surface area contributed by atoms with Crippen molar-refractivity contribution in [1.29, 1.82) is 5.26 Å². The molecule has 0 aliphatic rings. The minimum absolute atomic E-state index is 0.0439. The molecule has 0 bridgehead atoms. The van der Waals surface area contributed by atoms with Crippen LogP contribution in [0, 0.1) is 11.3 Å². The van der Waals surface area contributed by atoms with Crippen LogP contribution >= 0.6 is 0 Å². The van der Waals surface area contributed by atoms with E-state index >= 15 is 0 Å². The Labute approximate surface area is 144 Å². The van der Waals surface area contributed by atoms with Crippen LogP contribution in [0.1, 0.15) is 5.56 Å². The van der Waals surface area contributed by atoms with Crippen LogP contribution in [-0.4, -0.2) is 27.7 Å². The molecule has 0 spiro atoms. The van der Waals surface area contributed by atoms with E-state index in [2.05, 4.69) is 9.97 Å². The standard InChI is InChI=1S/C19H13N3O3/c20-11-15-17(13-7-3-1-4-8-13)21-18(14-9-5-2-6-10-14)22-19(15)25-12-16(23)24/h1-10H,12H2,(H,23,24). The average Bonchev–Trinajstić information content (AvgIpc) is 2.67. The lowest BCUT2D eigenvalue weighted by atomic mass is 10.1. The Bertz CT molecular complexity index is 935. The van der Waals surface area contributed by atoms with Crippen LogP contribution in [0.15, 0.2) is 60.7 Å². The molecule has 3 rings (SSSR count). The molecule has 25 heavy (non-hydrogen) atoms. The van der Waals surface area contributed by atoms with Gasteiger partial charge in [0.05, 0.1) is 5.69 Å². The predicted molar refractivity (Wildman–Crippen MR) is 90.7 cm³/mol. The molecule has 6 heteroatoms. The van der Waals surface area contributed by atoms with Crippen molar-refractivity contribution >= 4 is 5.97 Å². The first-order valence-electron chi connectivity index (χ1n) is 7.46. The second-order valence-electron chi connectivity index (χ2n) is 5.10. The minimum Gasteiger partial charge on any atom is -0.479 e. The second-order valence-corrected chi connectivity index (χ2v) is 5.10. The molecule has 3 aromatic rings. The van der Waals surface area contributed by atoms with Gasteiger partial charge < -0.3 is 9.84 Å². The number of benzene rings is 2. The SMILES string of the molecule is N#Cc1c(OCC(=O)O)nc(-c2ccccc2)nc1-c1ccccc1. The fourth-order valence-corrected chi connectivity index (χ4v) is 2.30. The minimum atomic E-state index is -1.15. The Morgan fingerprint density at radius 2 is 1.60 bits per heavy atom. The average molecular weight is 331 g/mol. The van der Waals surface area contributed by atoms with Crippen molar-refractivity contribution < 1.29 is 14.6 Å². The molecule has 6 nitrogen and oxygen atoms in total. The summed E-state index contributed by atoms with van der Waals surface area (Å²) in [6.07, 6.45) is 0. The molecule has 0 amide bonds. The number of ether oxygens (including phenoxy) is 1. The van der Waals surface area contributed by atoms with E-state index in [1.165, 1.54) is 0 Å². The molecule has 0 aliphatic heterocycles. The summed E-state index contributed by atoms with van der Waals surface area (Å²) in [6, 6.07) is 20.4. The number of aliphatic carboxylic acids is 1. The number of aromatic nitrogens is 2. The van der Waals surface area contributed by atoms with Gasteiger partial charge in [-0.3, -0.25) is 0 Å². The number of rotatable bonds is 5. The van der Waals surface area contributed by atoms with Gasteiger partial charge in [-0.05, 0) is 0 Å². The van der Waals surface area contributed by atoms with Crippen molar-refractivity contribution in [2.45, 2.75) is 0 Å². The van der Waals surface area contributed by atoms with Crippen molar-refractivity contribution in [2.75, 3.05) is 6.61 Å². The van der Waals surface area contributed by atoms with Gasteiger partial charge in [0.1, 0.15) is 11.6 Å². The van der Waals surface area contributed by atoms with E-state index in [4.69, 9.17) is 9.84 Å². The molecule has 0 radical (unpaired) electrons. The number of nitriles is 1. The largest absolute Gasteiger partial charge is 0.479 e. The number of hydrogen-bond acceptors (Lipinski definition) is 5. The molecule has 1 aromatic heterocycles. The lowest BCUT2D eigenvalue weighted by Crippen LogP contribution is -2.12. The number of carboxylic acids is 1. The Balaban J connectivity index is 2.20. The fraction of sp³-hybridized carbons (Fsp3) is 0.0526. The first-order chi connectivity index (χ1) is 12.2. The topological polar surface area (TPSA) is 96.1 Å². The molecule has 2 aromatic carbocycles. The van der Waals surface area contributed by atoms with Crippen LogP contribution in [0.2, 0.25) is 0 Å². The van der Waals surface area contributed by atoms with Gasteiger partial charge in [0.2, 0.25) is 5.88 Å². The summed E-state index contributed by atoms with van der Waals surface area (Å²) in [5.41, 5.74) is 1.97. The molecule has 1 N–H and O–H groups in total. The molecule has 1 heterocycles. The maximum Gasteiger partial charge on any atom is 0.341 e. The second kappa shape index (κ2) is 7.23. The first kappa shape index (κ1) is 16.1. The highest BCUT2D eigenvalue weighted by molar-refractivity contribution is 5.73. The van der Waals surface area contributed by atoms with Crippen LogP contribution in [0.3, 0.4) is 0 Å². The van der Waals surface area contributed by atoms with E-state index in [1.807, 2.05) is 66.7 Å². The highest BCUT2D eigenvalue weighted by Crippen LogP contribution is 2.30. The van der Waals surface area contributed by atoms with Crippen molar-refractivity contribution in [3.8, 4) is 34.6 Å². The van der Waals surface area contributed by atoms with E-state index in [1.54, 1.807) is 0 Å². The summed E-state index contributed by atoms with van der Waals surface area (Å²) >= 11 is 0. The Morgan fingerprint density at radius 3 is 2.16 bits per heavy atom. The van der Waals surface area contributed by atoms with Gasteiger partial charge in [0.15, 0.2) is 12.4 Å². The van der Waals surface area contributed by atoms with E-state index in [0.29, 0.717) is 11.5 Å². The molecule has 0 unspecified atom stereocenters. The summed E-state index contributed by atoms with van der Waals surface area (Å²) in [7, 11) is 0. The fourth-order valence-electron chi connectivity index (χ4n) is 2.30. The van der Waals surface area contributed by atoms with Gasteiger partial charge in [-0.25, -0.2) is 9.78 Å². The van der Waals surface area contributed by atoms with Gasteiger partial charge >= 0.3 is 5.97 Å². The maximum atomic E-state index is 10.8. The zero-order chi connectivity index (χ0) is 17.6. The highest BCUT2D eigenvalue weighted by atomic mass is 16.5. The summed E-state index contributed by atoms with van der Waals surface area (Å²) in [6.45, 7) is -0.589. The molecule has 0 saturated carbocycles. The normalized spacial score (nSPS) is 10.0. The highest BCUT2D eigenvalue weighted by Gasteiger charge is 2.18. The van der Waals surface area contributed by atoms with E-state index < -0.39 is 12.6 Å². The molecule has 0 fully saturated rings. The predicted octanol–water partition coefficient (Wildman–Crippen LogP) is 3.15. The monoisotopic (exact) mass is 331 g/mol. The van der Waals surface area contributed by atoms with Crippen LogP contribution < -0.4 is 4.74 Å². The van der Waals surface area contributed by atoms with Gasteiger partial charge in [0.25, 0.3) is 0 Å². The molecule has 122 valence electrons. The zero-order valence-electron chi connectivity index (χ0n) is 13.1. The first-order valence-corrected chi connectivity index (χ1v) is 7.46. The van der Waals surface area contributed by atoms with E-state index in [0.717, 1.165) is 11.1 Å². The van der Waals surface area contributed by atoms with Crippen LogP contribution in [0.5, 0.6) is 5.88 Å². The van der Waals surface area contributed by atoms with Crippen molar-refractivity contribution in [2.24, 2.45) is 0 Å². The molecule has 0 aliphatic carbocycles. The summed E-state index contributed by atoms with van der Waals surface area (Å²) < 4.78 is 5.24. The number of carboxylic acid groups (broad SMARTS) is 1. The summed E-state index contributed by atoms with van der Waals surface area (Å²) in [5, 5.41) is 18.4. The van der Waals surface area contributed by atoms with Crippen LogP contribution in [0.4, 0.5) is 0 Å². The smallest absolute Gasteiger partial charge is 0.341 e. The molecule has 0 atom stereocenters. The van der Waals surface area contributed by atoms with Crippen molar-refractivity contribution in [3.63, 3.8) is 0 Å². The molecular weight excluding hydrogens is 318 g/mol. The Kier molecular flexibility index (Phi) is 4.67. The quantitative estimate of drug-likeness (QED) is 0.771. The Morgan fingerprint density at radius 1 is 1.00 bits per heavy atom. The third-order valence-corrected chi connectivity index (χ3v) is 3.40. The van der Waals surface area contributed by atoms with Crippen LogP contribution in [-0.2, 0) is 4.79 Å². The van der Waals surface area contributed by atoms with Gasteiger partial charge in [-0.15, -0.1) is 0 Å². The number of carbonyl (C=O) groups is 1. The third kappa shape index (κ3) is 3.62. The third-order valence-electron chi connectivity index (χ3n) is 3.40. The lowest BCUT2D eigenvalue weighted by molar-refractivity contribution is -0.139.